The lowest BCUT2D eigenvalue weighted by atomic mass is 9.89. The molecular weight excluding hydrogens is 688 g/mol. The molecule has 0 atom stereocenters. The topological polar surface area (TPSA) is 164 Å². The van der Waals surface area contributed by atoms with E-state index in [-0.39, 0.29) is 13.2 Å². The number of aromatic nitrogens is 4. The van der Waals surface area contributed by atoms with E-state index in [9.17, 15) is 14.4 Å². The molecule has 2 aromatic heterocycles. The Hall–Kier alpha value is -3.70. The zero-order valence-electron chi connectivity index (χ0n) is 31.2. The van der Waals surface area contributed by atoms with Crippen LogP contribution >= 0.6 is 0 Å². The maximum atomic E-state index is 12.9. The highest BCUT2D eigenvalue weighted by Gasteiger charge is 2.22. The van der Waals surface area contributed by atoms with Gasteiger partial charge in [-0.25, -0.2) is 14.6 Å². The number of hydrogen-bond acceptors (Lipinski definition) is 12. The fraction of sp³-hybridized carbons (Fsp3) is 0.632. The minimum absolute atomic E-state index is 0.122. The van der Waals surface area contributed by atoms with Crippen LogP contribution in [0.15, 0.2) is 39.9 Å². The van der Waals surface area contributed by atoms with Crippen molar-refractivity contribution in [3.8, 4) is 11.4 Å². The molecule has 0 saturated heterocycles. The van der Waals surface area contributed by atoms with Crippen molar-refractivity contribution in [1.82, 2.24) is 19.1 Å². The summed E-state index contributed by atoms with van der Waals surface area (Å²) >= 11 is 0. The number of nitrogens with one attached hydrogen (secondary N) is 1. The lowest BCUT2D eigenvalue weighted by Gasteiger charge is -2.22. The van der Waals surface area contributed by atoms with Gasteiger partial charge in [0.1, 0.15) is 12.4 Å². The van der Waals surface area contributed by atoms with Gasteiger partial charge < -0.3 is 42.5 Å². The average Bonchev–Trinajstić information content (AvgIpc) is 3.57. The number of carbonyl (C=O) groups is 1. The van der Waals surface area contributed by atoms with Gasteiger partial charge in [0.15, 0.2) is 11.2 Å². The number of nitrogens with zero attached hydrogens (tertiary/aromatic N) is 3. The second kappa shape index (κ2) is 24.6. The van der Waals surface area contributed by atoms with Crippen LogP contribution in [0.3, 0.4) is 0 Å². The predicted octanol–water partition coefficient (Wildman–Crippen LogP) is 3.46. The summed E-state index contributed by atoms with van der Waals surface area (Å²) < 4.78 is 46.2. The molecule has 4 rings (SSSR count). The highest BCUT2D eigenvalue weighted by molar-refractivity contribution is 5.87. The zero-order chi connectivity index (χ0) is 37.5. The Morgan fingerprint density at radius 2 is 1.28 bits per heavy atom. The van der Waals surface area contributed by atoms with Crippen molar-refractivity contribution in [2.75, 3.05) is 99.6 Å². The lowest BCUT2D eigenvalue weighted by Crippen LogP contribution is -2.33. The smallest absolute Gasteiger partial charge is 0.330 e. The molecule has 0 amide bonds. The molecule has 1 aliphatic carbocycles. The normalized spacial score (nSPS) is 13.8. The number of rotatable bonds is 27. The Bertz CT molecular complexity index is 1630. The largest absolute Gasteiger partial charge is 0.460 e. The predicted molar refractivity (Wildman–Crippen MR) is 199 cm³/mol. The van der Waals surface area contributed by atoms with E-state index in [1.807, 2.05) is 35.8 Å². The molecule has 0 spiro atoms. The van der Waals surface area contributed by atoms with Crippen molar-refractivity contribution in [2.24, 2.45) is 5.92 Å². The number of methoxy groups -OCH3 is 1. The fourth-order valence-electron chi connectivity index (χ4n) is 6.00. The third-order valence-corrected chi connectivity index (χ3v) is 8.71. The van der Waals surface area contributed by atoms with Crippen molar-refractivity contribution in [2.45, 2.75) is 52.1 Å². The summed E-state index contributed by atoms with van der Waals surface area (Å²) in [6.45, 7) is 9.23. The average molecular weight is 745 g/mol. The van der Waals surface area contributed by atoms with Crippen LogP contribution in [0, 0.1) is 5.92 Å². The quantitative estimate of drug-likeness (QED) is 0.0689. The Balaban J connectivity index is 1.07. The summed E-state index contributed by atoms with van der Waals surface area (Å²) in [5.74, 6) is 0.527. The SMILES string of the molecule is CCn1c(-c2ccc(/C=C/C(=O)OCCOCCOCCOCCOCCOCCOCCOC)cc2)nc2c1c(=O)[nH]c(=O)n2CC1CCCCC1. The van der Waals surface area contributed by atoms with Gasteiger partial charge in [-0.2, -0.15) is 0 Å². The van der Waals surface area contributed by atoms with Crippen LogP contribution in [0.4, 0.5) is 0 Å². The number of aromatic amines is 1. The van der Waals surface area contributed by atoms with E-state index in [1.54, 1.807) is 17.8 Å². The van der Waals surface area contributed by atoms with Crippen molar-refractivity contribution in [3.05, 3.63) is 56.7 Å². The first kappa shape index (κ1) is 42.0. The summed E-state index contributed by atoms with van der Waals surface area (Å²) in [4.78, 5) is 45.3. The zero-order valence-corrected chi connectivity index (χ0v) is 31.2. The minimum atomic E-state index is -0.478. The number of imidazole rings is 1. The second-order valence-corrected chi connectivity index (χ2v) is 12.5. The number of aryl methyl sites for hydroxylation is 1. The van der Waals surface area contributed by atoms with Crippen LogP contribution in [-0.2, 0) is 55.8 Å². The van der Waals surface area contributed by atoms with Crippen LogP contribution in [-0.4, -0.2) is 125 Å². The van der Waals surface area contributed by atoms with Gasteiger partial charge in [0.25, 0.3) is 5.56 Å². The monoisotopic (exact) mass is 744 g/mol. The number of carbonyl (C=O) groups excluding carboxylic acids is 1. The fourth-order valence-corrected chi connectivity index (χ4v) is 6.00. The first-order valence-corrected chi connectivity index (χ1v) is 18.7. The number of hydrogen-bond donors (Lipinski definition) is 1. The summed E-state index contributed by atoms with van der Waals surface area (Å²) in [5.41, 5.74) is 1.56. The minimum Gasteiger partial charge on any atom is -0.460 e. The van der Waals surface area contributed by atoms with Crippen molar-refractivity contribution >= 4 is 23.2 Å². The van der Waals surface area contributed by atoms with Gasteiger partial charge >= 0.3 is 11.7 Å². The van der Waals surface area contributed by atoms with E-state index in [4.69, 9.17) is 42.9 Å². The van der Waals surface area contributed by atoms with Crippen LogP contribution in [0.25, 0.3) is 28.6 Å². The number of ether oxygens (including phenoxy) is 8. The van der Waals surface area contributed by atoms with Crippen LogP contribution < -0.4 is 11.2 Å². The molecule has 0 radical (unpaired) electrons. The molecule has 1 N–H and O–H groups in total. The van der Waals surface area contributed by atoms with Crippen LogP contribution in [0.1, 0.15) is 44.6 Å². The van der Waals surface area contributed by atoms with E-state index >= 15 is 0 Å². The molecule has 2 heterocycles. The summed E-state index contributed by atoms with van der Waals surface area (Å²) in [6.07, 6.45) is 8.72. The third kappa shape index (κ3) is 14.6. The highest BCUT2D eigenvalue weighted by Crippen LogP contribution is 2.27. The maximum absolute atomic E-state index is 12.9. The molecule has 1 aromatic carbocycles. The molecule has 0 unspecified atom stereocenters. The first-order chi connectivity index (χ1) is 26.0. The van der Waals surface area contributed by atoms with Gasteiger partial charge in [-0.3, -0.25) is 14.3 Å². The van der Waals surface area contributed by atoms with Gasteiger partial charge in [-0.15, -0.1) is 0 Å². The van der Waals surface area contributed by atoms with E-state index < -0.39 is 17.2 Å². The van der Waals surface area contributed by atoms with Gasteiger partial charge in [0, 0.05) is 31.8 Å². The van der Waals surface area contributed by atoms with Crippen LogP contribution in [0.2, 0.25) is 0 Å². The molecule has 1 saturated carbocycles. The Kier molecular flexibility index (Phi) is 19.5. The first-order valence-electron chi connectivity index (χ1n) is 18.7. The number of fused-ring (bicyclic) bond motifs is 1. The lowest BCUT2D eigenvalue weighted by molar-refractivity contribution is -0.139. The second-order valence-electron chi connectivity index (χ2n) is 12.5. The molecule has 15 nitrogen and oxygen atoms in total. The molecule has 0 bridgehead atoms. The summed E-state index contributed by atoms with van der Waals surface area (Å²) in [7, 11) is 1.64. The third-order valence-electron chi connectivity index (χ3n) is 8.71. The summed E-state index contributed by atoms with van der Waals surface area (Å²) in [6, 6.07) is 7.50. The van der Waals surface area contributed by atoms with E-state index in [2.05, 4.69) is 4.98 Å². The maximum Gasteiger partial charge on any atom is 0.330 e. The molecule has 1 aliphatic rings. The number of benzene rings is 1. The van der Waals surface area contributed by atoms with Gasteiger partial charge in [-0.1, -0.05) is 43.5 Å². The standard InChI is InChI=1S/C38H56N4O11/c1-3-41-34-36(42(38(45)40-37(34)44)29-31-7-5-4-6-8-31)39-35(41)32-12-9-30(10-13-32)11-14-33(43)53-28-27-52-26-25-51-24-23-50-22-21-49-20-19-48-18-17-47-16-15-46-2/h9-14,31H,3-8,15-29H2,1-2H3,(H,40,44,45)/b14-11+. The van der Waals surface area contributed by atoms with E-state index in [0.717, 1.165) is 36.8 Å². The number of H-pyrrole nitrogens is 1. The van der Waals surface area contributed by atoms with Crippen molar-refractivity contribution < 1.29 is 42.7 Å². The Morgan fingerprint density at radius 1 is 0.755 bits per heavy atom. The van der Waals surface area contributed by atoms with Gasteiger partial charge in [0.05, 0.1) is 85.9 Å². The Labute approximate surface area is 310 Å². The van der Waals surface area contributed by atoms with E-state index in [0.29, 0.717) is 115 Å². The molecule has 15 heteroatoms. The van der Waals surface area contributed by atoms with Crippen molar-refractivity contribution in [1.29, 1.82) is 0 Å². The molecule has 0 aliphatic heterocycles. The van der Waals surface area contributed by atoms with Gasteiger partial charge in [0.2, 0.25) is 0 Å². The molecular formula is C38H56N4O11. The molecule has 1 fully saturated rings. The van der Waals surface area contributed by atoms with Crippen LogP contribution in [0.5, 0.6) is 0 Å². The van der Waals surface area contributed by atoms with Gasteiger partial charge in [-0.05, 0) is 37.3 Å². The number of esters is 1. The highest BCUT2D eigenvalue weighted by atomic mass is 16.6. The summed E-state index contributed by atoms with van der Waals surface area (Å²) in [5, 5.41) is 0. The molecule has 3 aromatic rings. The van der Waals surface area contributed by atoms with E-state index in [1.165, 1.54) is 12.5 Å². The molecule has 53 heavy (non-hydrogen) atoms. The van der Waals surface area contributed by atoms with Crippen molar-refractivity contribution in [3.63, 3.8) is 0 Å². The Morgan fingerprint density at radius 3 is 1.81 bits per heavy atom. The molecule has 294 valence electrons.